The Morgan fingerprint density at radius 3 is 2.35 bits per heavy atom. The van der Waals surface area contributed by atoms with Gasteiger partial charge in [-0.1, -0.05) is 6.58 Å². The minimum absolute atomic E-state index is 0.0985. The third-order valence-electron chi connectivity index (χ3n) is 3.39. The van der Waals surface area contributed by atoms with E-state index in [0.29, 0.717) is 12.0 Å². The smallest absolute Gasteiger partial charge is 0.343 e. The Balaban J connectivity index is 2.50. The maximum absolute atomic E-state index is 12.2. The van der Waals surface area contributed by atoms with Crippen molar-refractivity contribution in [1.29, 1.82) is 0 Å². The third kappa shape index (κ3) is 6.64. The van der Waals surface area contributed by atoms with E-state index in [2.05, 4.69) is 6.58 Å². The summed E-state index contributed by atoms with van der Waals surface area (Å²) in [5.41, 5.74) is -1.02. The Labute approximate surface area is 151 Å². The molecule has 0 amide bonds. The molecule has 1 aromatic carbocycles. The number of nitrogens with zero attached hydrogens (tertiary/aromatic N) is 1. The molecule has 0 radical (unpaired) electrons. The highest BCUT2D eigenvalue weighted by Gasteiger charge is 2.31. The molecule has 0 saturated heterocycles. The number of esters is 2. The lowest BCUT2D eigenvalue weighted by Gasteiger charge is -2.24. The van der Waals surface area contributed by atoms with Gasteiger partial charge in [0, 0.05) is 24.1 Å². The number of benzene rings is 1. The van der Waals surface area contributed by atoms with Gasteiger partial charge in [0.25, 0.3) is 5.69 Å². The zero-order valence-electron chi connectivity index (χ0n) is 15.3. The van der Waals surface area contributed by atoms with Crippen molar-refractivity contribution in [3.05, 3.63) is 46.5 Å². The molecular weight excluding hydrogens is 342 g/mol. The van der Waals surface area contributed by atoms with Crippen LogP contribution in [0.15, 0.2) is 36.4 Å². The average Bonchev–Trinajstić information content (AvgIpc) is 2.54. The van der Waals surface area contributed by atoms with Crippen LogP contribution in [0.4, 0.5) is 5.69 Å². The first-order valence-corrected chi connectivity index (χ1v) is 8.00. The van der Waals surface area contributed by atoms with Gasteiger partial charge in [-0.05, 0) is 39.8 Å². The molecule has 0 fully saturated rings. The predicted octanol–water partition coefficient (Wildman–Crippen LogP) is 3.19. The fourth-order valence-electron chi connectivity index (χ4n) is 1.75. The number of carbonyl (C=O) groups excluding carboxylic acids is 2. The number of carbonyl (C=O) groups is 2. The van der Waals surface area contributed by atoms with E-state index in [1.165, 1.54) is 24.3 Å². The van der Waals surface area contributed by atoms with Crippen molar-refractivity contribution in [3.8, 4) is 5.75 Å². The molecule has 0 saturated carbocycles. The van der Waals surface area contributed by atoms with Crippen LogP contribution in [0.25, 0.3) is 0 Å². The molecule has 1 rings (SSSR count). The van der Waals surface area contributed by atoms with Gasteiger partial charge >= 0.3 is 11.9 Å². The summed E-state index contributed by atoms with van der Waals surface area (Å²) in [4.78, 5) is 33.7. The number of non-ortho nitro benzene ring substituents is 1. The van der Waals surface area contributed by atoms with Crippen molar-refractivity contribution in [2.24, 2.45) is 0 Å². The van der Waals surface area contributed by atoms with Crippen LogP contribution in [0.3, 0.4) is 0 Å². The fraction of sp³-hybridized carbons (Fsp3) is 0.444. The Morgan fingerprint density at radius 2 is 1.85 bits per heavy atom. The molecule has 26 heavy (non-hydrogen) atoms. The summed E-state index contributed by atoms with van der Waals surface area (Å²) in [5, 5.41) is 10.6. The van der Waals surface area contributed by atoms with Gasteiger partial charge in [-0.15, -0.1) is 0 Å². The highest BCUT2D eigenvalue weighted by molar-refractivity contribution is 5.87. The first kappa shape index (κ1) is 21.3. The highest BCUT2D eigenvalue weighted by atomic mass is 16.6. The zero-order valence-corrected chi connectivity index (χ0v) is 15.3. The summed E-state index contributed by atoms with van der Waals surface area (Å²) in [6, 6.07) is 5.17. The van der Waals surface area contributed by atoms with Crippen molar-refractivity contribution >= 4 is 17.6 Å². The highest BCUT2D eigenvalue weighted by Crippen LogP contribution is 2.20. The standard InChI is InChI=1S/C18H23NO7/c1-12(2)16(20)25-13(3)10-11-24-18(4,5)17(21)26-15-8-6-14(7-9-15)19(22)23/h6-9,13H,1,10-11H2,2-5H3. The normalized spacial score (nSPS) is 12.2. The second-order valence-electron chi connectivity index (χ2n) is 6.28. The summed E-state index contributed by atoms with van der Waals surface area (Å²) in [7, 11) is 0. The van der Waals surface area contributed by atoms with Crippen molar-refractivity contribution < 1.29 is 28.7 Å². The molecule has 0 spiro atoms. The molecule has 0 bridgehead atoms. The SMILES string of the molecule is C=C(C)C(=O)OC(C)CCOC(C)(C)C(=O)Oc1ccc([N+](=O)[O-])cc1. The van der Waals surface area contributed by atoms with Gasteiger partial charge in [0.05, 0.1) is 11.5 Å². The van der Waals surface area contributed by atoms with Crippen LogP contribution in [-0.4, -0.2) is 35.2 Å². The molecule has 0 heterocycles. The average molecular weight is 365 g/mol. The maximum Gasteiger partial charge on any atom is 0.343 e. The molecule has 0 N–H and O–H groups in total. The molecule has 0 aliphatic rings. The van der Waals surface area contributed by atoms with E-state index < -0.39 is 22.5 Å². The summed E-state index contributed by atoms with van der Waals surface area (Å²) >= 11 is 0. The number of hydrogen-bond acceptors (Lipinski definition) is 7. The second kappa shape index (κ2) is 9.10. The minimum atomic E-state index is -1.24. The molecule has 1 atom stereocenters. The van der Waals surface area contributed by atoms with Gasteiger partial charge in [-0.25, -0.2) is 9.59 Å². The Hall–Kier alpha value is -2.74. The molecule has 0 aliphatic heterocycles. The van der Waals surface area contributed by atoms with Crippen molar-refractivity contribution in [2.75, 3.05) is 6.61 Å². The van der Waals surface area contributed by atoms with Crippen LogP contribution in [-0.2, 0) is 19.1 Å². The largest absolute Gasteiger partial charge is 0.459 e. The van der Waals surface area contributed by atoms with Crippen molar-refractivity contribution in [1.82, 2.24) is 0 Å². The van der Waals surface area contributed by atoms with E-state index in [0.717, 1.165) is 0 Å². The van der Waals surface area contributed by atoms with E-state index in [9.17, 15) is 19.7 Å². The van der Waals surface area contributed by atoms with E-state index in [4.69, 9.17) is 14.2 Å². The van der Waals surface area contributed by atoms with Crippen LogP contribution < -0.4 is 4.74 Å². The van der Waals surface area contributed by atoms with E-state index in [-0.39, 0.29) is 24.1 Å². The van der Waals surface area contributed by atoms with E-state index in [1.54, 1.807) is 27.7 Å². The van der Waals surface area contributed by atoms with Gasteiger partial charge in [0.2, 0.25) is 0 Å². The predicted molar refractivity (Wildman–Crippen MR) is 93.7 cm³/mol. The summed E-state index contributed by atoms with van der Waals surface area (Å²) in [6.45, 7) is 10.0. The van der Waals surface area contributed by atoms with Crippen LogP contribution in [0.5, 0.6) is 5.75 Å². The zero-order chi connectivity index (χ0) is 19.9. The summed E-state index contributed by atoms with van der Waals surface area (Å²) in [5.74, 6) is -0.937. The van der Waals surface area contributed by atoms with Crippen molar-refractivity contribution in [3.63, 3.8) is 0 Å². The number of hydrogen-bond donors (Lipinski definition) is 0. The molecule has 1 aromatic rings. The summed E-state index contributed by atoms with van der Waals surface area (Å²) < 4.78 is 15.8. The lowest BCUT2D eigenvalue weighted by molar-refractivity contribution is -0.384. The Kier molecular flexibility index (Phi) is 7.45. The Morgan fingerprint density at radius 1 is 1.27 bits per heavy atom. The lowest BCUT2D eigenvalue weighted by atomic mass is 10.1. The number of nitro benzene ring substituents is 1. The van der Waals surface area contributed by atoms with E-state index in [1.807, 2.05) is 0 Å². The number of ether oxygens (including phenoxy) is 3. The van der Waals surface area contributed by atoms with Gasteiger partial charge in [-0.2, -0.15) is 0 Å². The summed E-state index contributed by atoms with van der Waals surface area (Å²) in [6.07, 6.45) is 0.00785. The van der Waals surface area contributed by atoms with Gasteiger partial charge < -0.3 is 14.2 Å². The Bertz CT molecular complexity index is 679. The molecule has 8 heteroatoms. The lowest BCUT2D eigenvalue weighted by Crippen LogP contribution is -2.39. The third-order valence-corrected chi connectivity index (χ3v) is 3.39. The molecule has 8 nitrogen and oxygen atoms in total. The molecule has 142 valence electrons. The first-order valence-electron chi connectivity index (χ1n) is 8.00. The van der Waals surface area contributed by atoms with Gasteiger partial charge in [0.15, 0.2) is 5.60 Å². The maximum atomic E-state index is 12.2. The van der Waals surface area contributed by atoms with Crippen LogP contribution in [0, 0.1) is 10.1 Å². The minimum Gasteiger partial charge on any atom is -0.459 e. The molecule has 0 aromatic heterocycles. The molecular formula is C18H23NO7. The fourth-order valence-corrected chi connectivity index (χ4v) is 1.75. The number of nitro groups is 1. The second-order valence-corrected chi connectivity index (χ2v) is 6.28. The first-order chi connectivity index (χ1) is 12.0. The van der Waals surface area contributed by atoms with Crippen LogP contribution >= 0.6 is 0 Å². The van der Waals surface area contributed by atoms with Crippen LogP contribution in [0.2, 0.25) is 0 Å². The monoisotopic (exact) mass is 365 g/mol. The number of rotatable bonds is 9. The quantitative estimate of drug-likeness (QED) is 0.217. The van der Waals surface area contributed by atoms with Gasteiger partial charge in [-0.3, -0.25) is 10.1 Å². The molecule has 1 unspecified atom stereocenters. The topological polar surface area (TPSA) is 105 Å². The van der Waals surface area contributed by atoms with Crippen molar-refractivity contribution in [2.45, 2.75) is 45.8 Å². The molecule has 0 aliphatic carbocycles. The van der Waals surface area contributed by atoms with Gasteiger partial charge in [0.1, 0.15) is 11.9 Å². The van der Waals surface area contributed by atoms with Crippen LogP contribution in [0.1, 0.15) is 34.1 Å². The van der Waals surface area contributed by atoms with E-state index >= 15 is 0 Å².